The van der Waals surface area contributed by atoms with Crippen molar-refractivity contribution in [2.24, 2.45) is 5.14 Å². The van der Waals surface area contributed by atoms with Crippen LogP contribution in [-0.2, 0) is 10.0 Å². The van der Waals surface area contributed by atoms with Crippen molar-refractivity contribution in [3.63, 3.8) is 0 Å². The molecule has 1 unspecified atom stereocenters. The predicted octanol–water partition coefficient (Wildman–Crippen LogP) is 4.42. The number of nitrogens with zero attached hydrogens (tertiary/aromatic N) is 2. The molecule has 158 valence electrons. The number of sulfonamides is 1. The van der Waals surface area contributed by atoms with Crippen molar-refractivity contribution >= 4 is 21.5 Å². The summed E-state index contributed by atoms with van der Waals surface area (Å²) in [5.74, 6) is 1.34. The smallest absolute Gasteiger partial charge is 0.216 e. The number of para-hydroxylation sites is 1. The van der Waals surface area contributed by atoms with E-state index < -0.39 is 15.3 Å². The van der Waals surface area contributed by atoms with Crippen molar-refractivity contribution in [2.45, 2.75) is 31.9 Å². The summed E-state index contributed by atoms with van der Waals surface area (Å²) in [5.41, 5.74) is 2.97. The fraction of sp³-hybridized carbons (Fsp3) is 0.273. The maximum absolute atomic E-state index is 12.0. The van der Waals surface area contributed by atoms with Gasteiger partial charge >= 0.3 is 0 Å². The molecule has 1 atom stereocenters. The summed E-state index contributed by atoms with van der Waals surface area (Å²) in [6.45, 7) is 4.43. The second-order valence-corrected chi connectivity index (χ2v) is 8.58. The fourth-order valence-electron chi connectivity index (χ4n) is 3.28. The van der Waals surface area contributed by atoms with E-state index >= 15 is 0 Å². The summed E-state index contributed by atoms with van der Waals surface area (Å²) in [6, 6.07) is 16.7. The van der Waals surface area contributed by atoms with Gasteiger partial charge in [0.2, 0.25) is 10.0 Å². The van der Waals surface area contributed by atoms with Crippen molar-refractivity contribution in [2.75, 3.05) is 11.9 Å². The summed E-state index contributed by atoms with van der Waals surface area (Å²) < 4.78 is 29.7. The second-order valence-electron chi connectivity index (χ2n) is 6.83. The Kier molecular flexibility index (Phi) is 7.02. The maximum atomic E-state index is 12.0. The summed E-state index contributed by atoms with van der Waals surface area (Å²) in [4.78, 5) is 8.66. The number of benzene rings is 2. The van der Waals surface area contributed by atoms with Crippen LogP contribution in [0.2, 0.25) is 0 Å². The highest BCUT2D eigenvalue weighted by molar-refractivity contribution is 7.89. The minimum atomic E-state index is -3.69. The minimum absolute atomic E-state index is 0.466. The van der Waals surface area contributed by atoms with Gasteiger partial charge < -0.3 is 10.1 Å². The van der Waals surface area contributed by atoms with Gasteiger partial charge in [-0.1, -0.05) is 37.6 Å². The number of aromatic nitrogens is 2. The van der Waals surface area contributed by atoms with Crippen LogP contribution in [0.1, 0.15) is 37.5 Å². The summed E-state index contributed by atoms with van der Waals surface area (Å²) in [5, 5.41) is 7.94. The summed E-state index contributed by atoms with van der Waals surface area (Å²) in [6.07, 6.45) is 2.66. The molecule has 30 heavy (non-hydrogen) atoms. The first-order valence-corrected chi connectivity index (χ1v) is 11.5. The molecule has 3 aromatic rings. The van der Waals surface area contributed by atoms with E-state index in [0.717, 1.165) is 22.7 Å². The van der Waals surface area contributed by atoms with Crippen molar-refractivity contribution in [1.29, 1.82) is 0 Å². The van der Waals surface area contributed by atoms with E-state index in [-0.39, 0.29) is 0 Å². The molecule has 3 N–H and O–H groups in total. The molecule has 0 bridgehead atoms. The topological polar surface area (TPSA) is 107 Å². The van der Waals surface area contributed by atoms with Crippen LogP contribution in [0.3, 0.4) is 0 Å². The third-order valence-electron chi connectivity index (χ3n) is 4.61. The third kappa shape index (κ3) is 5.34. The average Bonchev–Trinajstić information content (AvgIpc) is 2.72. The number of hydrogen-bond donors (Lipinski definition) is 2. The molecule has 0 saturated heterocycles. The summed E-state index contributed by atoms with van der Waals surface area (Å²) >= 11 is 0. The van der Waals surface area contributed by atoms with E-state index in [9.17, 15) is 8.42 Å². The van der Waals surface area contributed by atoms with Crippen molar-refractivity contribution in [3.8, 4) is 17.0 Å². The van der Waals surface area contributed by atoms with Crippen LogP contribution in [0.4, 0.5) is 11.5 Å². The molecule has 0 spiro atoms. The highest BCUT2D eigenvalue weighted by Crippen LogP contribution is 2.31. The molecule has 0 radical (unpaired) electrons. The summed E-state index contributed by atoms with van der Waals surface area (Å²) in [7, 11) is -3.69. The lowest BCUT2D eigenvalue weighted by Crippen LogP contribution is -2.21. The molecule has 1 heterocycles. The standard InChI is InChI=1S/C22H26N4O3S/c1-3-8-21(30(23,27)28)16-9-7-10-17(13-16)26-22-14-19(24-15-25-22)18-11-5-6-12-20(18)29-4-2/h5-7,9-15,21H,3-4,8H2,1-2H3,(H2,23,27,28)(H,24,25,26). The highest BCUT2D eigenvalue weighted by atomic mass is 32.2. The van der Waals surface area contributed by atoms with E-state index in [1.807, 2.05) is 50.2 Å². The Morgan fingerprint density at radius 1 is 1.07 bits per heavy atom. The number of primary sulfonamides is 1. The van der Waals surface area contributed by atoms with Gasteiger partial charge in [0, 0.05) is 17.3 Å². The zero-order valence-corrected chi connectivity index (χ0v) is 17.9. The first kappa shape index (κ1) is 21.7. The Morgan fingerprint density at radius 2 is 1.87 bits per heavy atom. The van der Waals surface area contributed by atoms with Crippen molar-refractivity contribution in [3.05, 3.63) is 66.5 Å². The number of rotatable bonds is 9. The molecule has 0 aliphatic heterocycles. The molecule has 0 fully saturated rings. The number of ether oxygens (including phenoxy) is 1. The van der Waals surface area contributed by atoms with Crippen LogP contribution in [0, 0.1) is 0 Å². The number of nitrogens with two attached hydrogens (primary N) is 1. The van der Waals surface area contributed by atoms with E-state index in [1.54, 1.807) is 18.2 Å². The molecule has 7 nitrogen and oxygen atoms in total. The van der Waals surface area contributed by atoms with E-state index in [0.29, 0.717) is 30.8 Å². The molecular formula is C22H26N4O3S. The Labute approximate surface area is 177 Å². The Hall–Kier alpha value is -2.97. The third-order valence-corrected chi connectivity index (χ3v) is 5.91. The van der Waals surface area contributed by atoms with Crippen LogP contribution >= 0.6 is 0 Å². The monoisotopic (exact) mass is 426 g/mol. The van der Waals surface area contributed by atoms with Crippen LogP contribution in [0.15, 0.2) is 60.9 Å². The minimum Gasteiger partial charge on any atom is -0.493 e. The molecule has 1 aromatic heterocycles. The number of nitrogens with one attached hydrogen (secondary N) is 1. The van der Waals surface area contributed by atoms with Crippen molar-refractivity contribution < 1.29 is 13.2 Å². The van der Waals surface area contributed by atoms with Gasteiger partial charge in [0.1, 0.15) is 23.1 Å². The van der Waals surface area contributed by atoms with Crippen molar-refractivity contribution in [1.82, 2.24) is 9.97 Å². The van der Waals surface area contributed by atoms with Gasteiger partial charge in [-0.15, -0.1) is 0 Å². The van der Waals surface area contributed by atoms with Gasteiger partial charge in [-0.05, 0) is 43.2 Å². The lowest BCUT2D eigenvalue weighted by Gasteiger charge is -2.16. The molecule has 8 heteroatoms. The van der Waals surface area contributed by atoms with Crippen LogP contribution in [0.25, 0.3) is 11.3 Å². The van der Waals surface area contributed by atoms with E-state index in [1.165, 1.54) is 6.33 Å². The molecular weight excluding hydrogens is 400 g/mol. The number of hydrogen-bond acceptors (Lipinski definition) is 6. The van der Waals surface area contributed by atoms with Gasteiger partial charge in [-0.25, -0.2) is 23.5 Å². The predicted molar refractivity (Wildman–Crippen MR) is 119 cm³/mol. The SMILES string of the molecule is CCCC(c1cccc(Nc2cc(-c3ccccc3OCC)ncn2)c1)S(N)(=O)=O. The molecule has 0 saturated carbocycles. The normalized spacial score (nSPS) is 12.4. The molecule has 0 aliphatic carbocycles. The lowest BCUT2D eigenvalue weighted by molar-refractivity contribution is 0.341. The van der Waals surface area contributed by atoms with Crippen LogP contribution in [-0.4, -0.2) is 25.0 Å². The molecule has 0 amide bonds. The van der Waals surface area contributed by atoms with Gasteiger partial charge in [0.15, 0.2) is 0 Å². The lowest BCUT2D eigenvalue weighted by atomic mass is 10.1. The van der Waals surface area contributed by atoms with Gasteiger partial charge in [-0.2, -0.15) is 0 Å². The second kappa shape index (κ2) is 9.69. The number of anilines is 2. The quantitative estimate of drug-likeness (QED) is 0.525. The molecule has 0 aliphatic rings. The van der Waals surface area contributed by atoms with Gasteiger partial charge in [-0.3, -0.25) is 0 Å². The zero-order valence-electron chi connectivity index (χ0n) is 17.1. The van der Waals surface area contributed by atoms with Crippen LogP contribution < -0.4 is 15.2 Å². The Morgan fingerprint density at radius 3 is 2.60 bits per heavy atom. The molecule has 2 aromatic carbocycles. The highest BCUT2D eigenvalue weighted by Gasteiger charge is 2.22. The van der Waals surface area contributed by atoms with E-state index in [4.69, 9.17) is 9.88 Å². The van der Waals surface area contributed by atoms with Gasteiger partial charge in [0.05, 0.1) is 12.3 Å². The first-order valence-electron chi connectivity index (χ1n) is 9.85. The average molecular weight is 427 g/mol. The Balaban J connectivity index is 1.89. The van der Waals surface area contributed by atoms with Crippen LogP contribution in [0.5, 0.6) is 5.75 Å². The van der Waals surface area contributed by atoms with E-state index in [2.05, 4.69) is 15.3 Å². The zero-order chi connectivity index (χ0) is 21.6. The first-order chi connectivity index (χ1) is 14.4. The van der Waals surface area contributed by atoms with Gasteiger partial charge in [0.25, 0.3) is 0 Å². The largest absolute Gasteiger partial charge is 0.493 e. The molecule has 3 rings (SSSR count). The Bertz CT molecular complexity index is 1100. The maximum Gasteiger partial charge on any atom is 0.216 e. The fourth-order valence-corrected chi connectivity index (χ4v) is 4.37.